The molecule has 2 aromatic heterocycles. The Morgan fingerprint density at radius 3 is 2.32 bits per heavy atom. The van der Waals surface area contributed by atoms with Gasteiger partial charge in [0.05, 0.1) is 16.8 Å². The van der Waals surface area contributed by atoms with E-state index in [2.05, 4.69) is 29.2 Å². The van der Waals surface area contributed by atoms with Crippen LogP contribution in [0, 0.1) is 0 Å². The van der Waals surface area contributed by atoms with E-state index in [1.807, 2.05) is 66.7 Å². The summed E-state index contributed by atoms with van der Waals surface area (Å²) in [6, 6.07) is 29.3. The summed E-state index contributed by atoms with van der Waals surface area (Å²) in [5.74, 6) is 0.228. The first-order chi connectivity index (χ1) is 18.2. The molecule has 0 atom stereocenters. The van der Waals surface area contributed by atoms with Crippen molar-refractivity contribution in [1.29, 1.82) is 0 Å². The quantitative estimate of drug-likeness (QED) is 0.149. The molecule has 0 N–H and O–H groups in total. The van der Waals surface area contributed by atoms with Gasteiger partial charge in [-0.15, -0.1) is 11.3 Å². The Morgan fingerprint density at radius 1 is 0.919 bits per heavy atom. The molecule has 0 fully saturated rings. The van der Waals surface area contributed by atoms with Crippen LogP contribution in [0.3, 0.4) is 0 Å². The van der Waals surface area contributed by atoms with Gasteiger partial charge in [0.1, 0.15) is 4.83 Å². The van der Waals surface area contributed by atoms with E-state index in [0.717, 1.165) is 47.5 Å². The van der Waals surface area contributed by atoms with Crippen molar-refractivity contribution in [3.63, 3.8) is 0 Å². The number of benzene rings is 3. The first kappa shape index (κ1) is 23.9. The highest BCUT2D eigenvalue weighted by Gasteiger charge is 2.26. The van der Waals surface area contributed by atoms with E-state index in [1.54, 1.807) is 15.9 Å². The molecule has 3 aromatic carbocycles. The fourth-order valence-electron chi connectivity index (χ4n) is 4.79. The second kappa shape index (κ2) is 10.5. The number of Topliss-reactive ketones (excluding diaryl/α,β-unsaturated/α-hetero) is 1. The molecule has 37 heavy (non-hydrogen) atoms. The van der Waals surface area contributed by atoms with E-state index in [1.165, 1.54) is 22.2 Å². The van der Waals surface area contributed by atoms with Gasteiger partial charge in [-0.05, 0) is 29.7 Å². The van der Waals surface area contributed by atoms with Crippen molar-refractivity contribution in [1.82, 2.24) is 14.5 Å². The summed E-state index contributed by atoms with van der Waals surface area (Å²) < 4.78 is 1.68. The van der Waals surface area contributed by atoms with Crippen LogP contribution in [-0.4, -0.2) is 32.5 Å². The normalized spacial score (nSPS) is 13.5. The Labute approximate surface area is 223 Å². The average Bonchev–Trinajstić information content (AvgIpc) is 3.31. The number of thioether (sulfide) groups is 1. The van der Waals surface area contributed by atoms with E-state index in [0.29, 0.717) is 10.7 Å². The topological polar surface area (TPSA) is 55.2 Å². The zero-order valence-electron chi connectivity index (χ0n) is 20.2. The van der Waals surface area contributed by atoms with E-state index in [-0.39, 0.29) is 17.1 Å². The molecule has 6 rings (SSSR count). The number of rotatable bonds is 7. The van der Waals surface area contributed by atoms with Gasteiger partial charge in [0, 0.05) is 30.1 Å². The van der Waals surface area contributed by atoms with E-state index < -0.39 is 0 Å². The van der Waals surface area contributed by atoms with Crippen LogP contribution in [0.2, 0.25) is 0 Å². The molecule has 0 aliphatic carbocycles. The Balaban J connectivity index is 1.37. The summed E-state index contributed by atoms with van der Waals surface area (Å²) in [4.78, 5) is 36.2. The molecule has 184 valence electrons. The minimum atomic E-state index is -0.0557. The molecule has 0 radical (unpaired) electrons. The number of thiophene rings is 1. The van der Waals surface area contributed by atoms with Crippen LogP contribution in [-0.2, 0) is 19.5 Å². The second-order valence-electron chi connectivity index (χ2n) is 9.08. The number of nitrogens with zero attached hydrogens (tertiary/aromatic N) is 3. The fourth-order valence-corrected chi connectivity index (χ4v) is 7.00. The number of carbonyl (C=O) groups excluding carboxylic acids is 1. The third-order valence-corrected chi connectivity index (χ3v) is 8.66. The Morgan fingerprint density at radius 2 is 1.59 bits per heavy atom. The SMILES string of the molecule is O=C(CSc1nc2sc3c(c2c(=O)n1-c1ccccc1)CCN(Cc1ccccc1)C3)c1ccccc1. The van der Waals surface area contributed by atoms with E-state index in [4.69, 9.17) is 4.98 Å². The van der Waals surface area contributed by atoms with Crippen LogP contribution in [0.4, 0.5) is 0 Å². The van der Waals surface area contributed by atoms with Crippen LogP contribution < -0.4 is 5.56 Å². The van der Waals surface area contributed by atoms with Crippen LogP contribution in [0.5, 0.6) is 0 Å². The molecule has 0 bridgehead atoms. The number of hydrogen-bond donors (Lipinski definition) is 0. The Bertz CT molecular complexity index is 1610. The van der Waals surface area contributed by atoms with Crippen LogP contribution >= 0.6 is 23.1 Å². The van der Waals surface area contributed by atoms with Crippen molar-refractivity contribution in [3.05, 3.63) is 123 Å². The van der Waals surface area contributed by atoms with Gasteiger partial charge in [0.15, 0.2) is 10.9 Å². The van der Waals surface area contributed by atoms with Gasteiger partial charge >= 0.3 is 0 Å². The lowest BCUT2D eigenvalue weighted by atomic mass is 10.0. The Kier molecular flexibility index (Phi) is 6.74. The molecule has 0 saturated heterocycles. The van der Waals surface area contributed by atoms with Crippen LogP contribution in [0.25, 0.3) is 15.9 Å². The third-order valence-electron chi connectivity index (χ3n) is 6.61. The molecule has 5 nitrogen and oxygen atoms in total. The van der Waals surface area contributed by atoms with Crippen LogP contribution in [0.1, 0.15) is 26.4 Å². The highest BCUT2D eigenvalue weighted by atomic mass is 32.2. The maximum Gasteiger partial charge on any atom is 0.267 e. The van der Waals surface area contributed by atoms with Gasteiger partial charge in [0.25, 0.3) is 5.56 Å². The van der Waals surface area contributed by atoms with Gasteiger partial charge < -0.3 is 0 Å². The first-order valence-electron chi connectivity index (χ1n) is 12.3. The largest absolute Gasteiger partial charge is 0.294 e. The van der Waals surface area contributed by atoms with Crippen molar-refractivity contribution in [2.75, 3.05) is 12.3 Å². The summed E-state index contributed by atoms with van der Waals surface area (Å²) in [6.07, 6.45) is 0.826. The van der Waals surface area contributed by atoms with Gasteiger partial charge in [-0.3, -0.25) is 19.1 Å². The summed E-state index contributed by atoms with van der Waals surface area (Å²) in [5.41, 5.74) is 3.79. The maximum atomic E-state index is 14.0. The molecule has 1 aliphatic rings. The molecular formula is C30H25N3O2S2. The van der Waals surface area contributed by atoms with Crippen molar-refractivity contribution in [3.8, 4) is 5.69 Å². The van der Waals surface area contributed by atoms with Gasteiger partial charge in [-0.2, -0.15) is 0 Å². The summed E-state index contributed by atoms with van der Waals surface area (Å²) in [5, 5.41) is 1.27. The molecule has 0 unspecified atom stereocenters. The second-order valence-corrected chi connectivity index (χ2v) is 11.1. The number of para-hydroxylation sites is 1. The highest BCUT2D eigenvalue weighted by molar-refractivity contribution is 7.99. The third kappa shape index (κ3) is 4.90. The lowest BCUT2D eigenvalue weighted by molar-refractivity contribution is 0.102. The van der Waals surface area contributed by atoms with E-state index >= 15 is 0 Å². The summed E-state index contributed by atoms with van der Waals surface area (Å²) in [6.45, 7) is 2.60. The predicted octanol–water partition coefficient (Wildman–Crippen LogP) is 5.98. The van der Waals surface area contributed by atoms with Crippen molar-refractivity contribution >= 4 is 39.1 Å². The molecular weight excluding hydrogens is 498 g/mol. The minimum absolute atomic E-state index is 0.0154. The smallest absolute Gasteiger partial charge is 0.267 e. The highest BCUT2D eigenvalue weighted by Crippen LogP contribution is 2.35. The van der Waals surface area contributed by atoms with Crippen molar-refractivity contribution in [2.24, 2.45) is 0 Å². The first-order valence-corrected chi connectivity index (χ1v) is 14.1. The Hall–Kier alpha value is -3.52. The lowest BCUT2D eigenvalue weighted by Crippen LogP contribution is -2.30. The number of carbonyl (C=O) groups is 1. The maximum absolute atomic E-state index is 14.0. The van der Waals surface area contributed by atoms with Gasteiger partial charge in [-0.1, -0.05) is 90.6 Å². The number of fused-ring (bicyclic) bond motifs is 3. The molecule has 1 aliphatic heterocycles. The molecule has 0 amide bonds. The standard InChI is InChI=1S/C30H25N3O2S2/c34-25(22-12-6-2-7-13-22)20-36-30-31-28-27(29(35)33(30)23-14-8-3-9-15-23)24-16-17-32(19-26(24)37-28)18-21-10-4-1-5-11-21/h1-15H,16-20H2. The van der Waals surface area contributed by atoms with Crippen molar-refractivity contribution < 1.29 is 4.79 Å². The van der Waals surface area contributed by atoms with Gasteiger partial charge in [0.2, 0.25) is 0 Å². The zero-order valence-corrected chi connectivity index (χ0v) is 21.8. The molecule has 3 heterocycles. The number of ketones is 1. The molecule has 5 aromatic rings. The predicted molar refractivity (Wildman–Crippen MR) is 151 cm³/mol. The van der Waals surface area contributed by atoms with Crippen LogP contribution in [0.15, 0.2) is 101 Å². The summed E-state index contributed by atoms with van der Waals surface area (Å²) >= 11 is 2.93. The van der Waals surface area contributed by atoms with Gasteiger partial charge in [-0.25, -0.2) is 4.98 Å². The minimum Gasteiger partial charge on any atom is -0.294 e. The average molecular weight is 524 g/mol. The zero-order chi connectivity index (χ0) is 25.2. The molecule has 7 heteroatoms. The summed E-state index contributed by atoms with van der Waals surface area (Å²) in [7, 11) is 0. The molecule has 0 spiro atoms. The number of hydrogen-bond acceptors (Lipinski definition) is 6. The molecule has 0 saturated carbocycles. The lowest BCUT2D eigenvalue weighted by Gasteiger charge is -2.26. The van der Waals surface area contributed by atoms with Crippen molar-refractivity contribution in [2.45, 2.75) is 24.7 Å². The fraction of sp³-hybridized carbons (Fsp3) is 0.167. The van der Waals surface area contributed by atoms with E-state index in [9.17, 15) is 9.59 Å². The monoisotopic (exact) mass is 523 g/mol. The number of aromatic nitrogens is 2.